The molecular weight excluding hydrogens is 402 g/mol. The Kier molecular flexibility index (Phi) is 11.4. The molecule has 0 amide bonds. The highest BCUT2D eigenvalue weighted by molar-refractivity contribution is 5.69. The molecule has 31 heavy (non-hydrogen) atoms. The smallest absolute Gasteiger partial charge is 0.305 e. The van der Waals surface area contributed by atoms with Crippen molar-refractivity contribution in [2.75, 3.05) is 6.61 Å². The van der Waals surface area contributed by atoms with Crippen LogP contribution < -0.4 is 0 Å². The number of aliphatic hydroxyl groups excluding tert-OH is 2. The maximum absolute atomic E-state index is 14.4. The molecular formula is C25H38F2O4. The first kappa shape index (κ1) is 25.7. The minimum Gasteiger partial charge on any atom is -0.466 e. The molecule has 0 radical (unpaired) electrons. The third kappa shape index (κ3) is 9.24. The molecule has 6 heteroatoms. The number of benzene rings is 1. The molecule has 4 nitrogen and oxygen atoms in total. The average molecular weight is 441 g/mol. The van der Waals surface area contributed by atoms with Crippen LogP contribution in [-0.4, -0.2) is 41.2 Å². The monoisotopic (exact) mass is 440 g/mol. The van der Waals surface area contributed by atoms with E-state index in [-0.39, 0.29) is 23.6 Å². The van der Waals surface area contributed by atoms with Crippen LogP contribution >= 0.6 is 0 Å². The summed E-state index contributed by atoms with van der Waals surface area (Å²) in [4.78, 5) is 11.3. The first-order chi connectivity index (χ1) is 14.9. The zero-order valence-electron chi connectivity index (χ0n) is 18.6. The summed E-state index contributed by atoms with van der Waals surface area (Å²) in [6, 6.07) is 6.25. The molecule has 5 atom stereocenters. The molecule has 0 saturated heterocycles. The standard InChI is InChI=1S/C25H38F2O4/c1-2-31-25(30)11-6-4-3-5-10-21-22(24(29)17-23(21)28)15-14-19(26)13-12-18-8-7-9-20(27)16-18/h7-9,16,19,21-24,28-29H,2-6,10-15,17H2,1H3/t19?,21?,22-,23+,24-/m1/s1. The van der Waals surface area contributed by atoms with Crippen LogP contribution in [0.4, 0.5) is 8.78 Å². The molecule has 2 N–H and O–H groups in total. The summed E-state index contributed by atoms with van der Waals surface area (Å²) in [5.74, 6) is -0.549. The SMILES string of the molecule is CCOC(=O)CCCCCCC1[C@@H](CCC(F)CCc2cccc(F)c2)[C@H](O)C[C@@H]1O. The topological polar surface area (TPSA) is 66.8 Å². The van der Waals surface area contributed by atoms with Gasteiger partial charge in [0, 0.05) is 6.42 Å². The lowest BCUT2D eigenvalue weighted by molar-refractivity contribution is -0.143. The van der Waals surface area contributed by atoms with Gasteiger partial charge in [-0.05, 0) is 81.4 Å². The fourth-order valence-electron chi connectivity index (χ4n) is 4.75. The van der Waals surface area contributed by atoms with Crippen LogP contribution in [0, 0.1) is 17.7 Å². The van der Waals surface area contributed by atoms with Crippen LogP contribution in [0.5, 0.6) is 0 Å². The number of unbranched alkanes of at least 4 members (excludes halogenated alkanes) is 3. The van der Waals surface area contributed by atoms with E-state index >= 15 is 0 Å². The molecule has 1 saturated carbocycles. The van der Waals surface area contributed by atoms with Gasteiger partial charge in [0.1, 0.15) is 12.0 Å². The number of halogens is 2. The van der Waals surface area contributed by atoms with E-state index in [4.69, 9.17) is 4.74 Å². The largest absolute Gasteiger partial charge is 0.466 e. The van der Waals surface area contributed by atoms with Gasteiger partial charge in [-0.1, -0.05) is 31.4 Å². The van der Waals surface area contributed by atoms with E-state index < -0.39 is 18.4 Å². The van der Waals surface area contributed by atoms with E-state index in [1.165, 1.54) is 12.1 Å². The van der Waals surface area contributed by atoms with Gasteiger partial charge in [-0.15, -0.1) is 0 Å². The summed E-state index contributed by atoms with van der Waals surface area (Å²) in [7, 11) is 0. The van der Waals surface area contributed by atoms with E-state index in [0.29, 0.717) is 45.1 Å². The van der Waals surface area contributed by atoms with Crippen LogP contribution in [-0.2, 0) is 16.0 Å². The lowest BCUT2D eigenvalue weighted by atomic mass is 9.84. The fraction of sp³-hybridized carbons (Fsp3) is 0.720. The minimum atomic E-state index is -1.00. The average Bonchev–Trinajstić information content (AvgIpc) is 3.00. The van der Waals surface area contributed by atoms with Gasteiger partial charge < -0.3 is 14.9 Å². The number of alkyl halides is 1. The maximum atomic E-state index is 14.4. The second kappa shape index (κ2) is 13.8. The Balaban J connectivity index is 1.67. The highest BCUT2D eigenvalue weighted by atomic mass is 19.1. The Morgan fingerprint density at radius 2 is 1.81 bits per heavy atom. The molecule has 0 aromatic heterocycles. The molecule has 1 aliphatic rings. The van der Waals surface area contributed by atoms with Crippen molar-refractivity contribution in [2.45, 2.75) is 95.9 Å². The maximum Gasteiger partial charge on any atom is 0.305 e. The van der Waals surface area contributed by atoms with Gasteiger partial charge in [-0.2, -0.15) is 0 Å². The van der Waals surface area contributed by atoms with Crippen LogP contribution in [0.2, 0.25) is 0 Å². The Labute approximate surface area is 185 Å². The number of carbonyl (C=O) groups excluding carboxylic acids is 1. The van der Waals surface area contributed by atoms with E-state index in [1.807, 2.05) is 0 Å². The number of hydrogen-bond donors (Lipinski definition) is 2. The van der Waals surface area contributed by atoms with E-state index in [0.717, 1.165) is 37.7 Å². The van der Waals surface area contributed by atoms with Crippen molar-refractivity contribution in [1.82, 2.24) is 0 Å². The van der Waals surface area contributed by atoms with E-state index in [9.17, 15) is 23.8 Å². The van der Waals surface area contributed by atoms with E-state index in [2.05, 4.69) is 0 Å². The van der Waals surface area contributed by atoms with E-state index in [1.54, 1.807) is 19.1 Å². The second-order valence-corrected chi connectivity index (χ2v) is 8.80. The van der Waals surface area contributed by atoms with Gasteiger partial charge in [0.05, 0.1) is 18.8 Å². The van der Waals surface area contributed by atoms with Crippen molar-refractivity contribution in [2.24, 2.45) is 11.8 Å². The van der Waals surface area contributed by atoms with Gasteiger partial charge in [0.2, 0.25) is 0 Å². The first-order valence-corrected chi connectivity index (χ1v) is 11.8. The summed E-state index contributed by atoms with van der Waals surface area (Å²) in [6.45, 7) is 2.21. The fourth-order valence-corrected chi connectivity index (χ4v) is 4.75. The van der Waals surface area contributed by atoms with Crippen molar-refractivity contribution in [3.63, 3.8) is 0 Å². The molecule has 1 fully saturated rings. The third-order valence-corrected chi connectivity index (χ3v) is 6.44. The summed E-state index contributed by atoms with van der Waals surface area (Å²) in [5.41, 5.74) is 0.791. The number of aliphatic hydroxyl groups is 2. The zero-order valence-corrected chi connectivity index (χ0v) is 18.6. The predicted octanol–water partition coefficient (Wildman–Crippen LogP) is 5.14. The molecule has 1 aliphatic carbocycles. The lowest BCUT2D eigenvalue weighted by Gasteiger charge is -2.24. The number of esters is 1. The van der Waals surface area contributed by atoms with Crippen molar-refractivity contribution in [3.8, 4) is 0 Å². The highest BCUT2D eigenvalue weighted by Crippen LogP contribution is 2.39. The Bertz CT molecular complexity index is 654. The van der Waals surface area contributed by atoms with Crippen molar-refractivity contribution in [3.05, 3.63) is 35.6 Å². The van der Waals surface area contributed by atoms with Gasteiger partial charge in [0.25, 0.3) is 0 Å². The minimum absolute atomic E-state index is 0.00419. The van der Waals surface area contributed by atoms with Gasteiger partial charge in [0.15, 0.2) is 0 Å². The molecule has 1 aromatic carbocycles. The van der Waals surface area contributed by atoms with Crippen LogP contribution in [0.1, 0.15) is 76.7 Å². The normalized spacial score (nSPS) is 24.3. The molecule has 0 aliphatic heterocycles. The van der Waals surface area contributed by atoms with Crippen molar-refractivity contribution in [1.29, 1.82) is 0 Å². The highest BCUT2D eigenvalue weighted by Gasteiger charge is 2.40. The quantitative estimate of drug-likeness (QED) is 0.311. The van der Waals surface area contributed by atoms with Gasteiger partial charge >= 0.3 is 5.97 Å². The van der Waals surface area contributed by atoms with Crippen LogP contribution in [0.3, 0.4) is 0 Å². The number of carbonyl (C=O) groups is 1. The second-order valence-electron chi connectivity index (χ2n) is 8.80. The molecule has 0 spiro atoms. The number of rotatable bonds is 14. The Morgan fingerprint density at radius 1 is 1.10 bits per heavy atom. The summed E-state index contributed by atoms with van der Waals surface area (Å²) >= 11 is 0. The predicted molar refractivity (Wildman–Crippen MR) is 117 cm³/mol. The Hall–Kier alpha value is -1.53. The summed E-state index contributed by atoms with van der Waals surface area (Å²) < 4.78 is 32.6. The number of hydrogen-bond acceptors (Lipinski definition) is 4. The van der Waals surface area contributed by atoms with Crippen molar-refractivity contribution >= 4 is 5.97 Å². The number of ether oxygens (including phenoxy) is 1. The molecule has 0 heterocycles. The first-order valence-electron chi connectivity index (χ1n) is 11.8. The summed E-state index contributed by atoms with van der Waals surface area (Å²) in [6.07, 6.45) is 4.82. The number of aryl methyl sites for hydroxylation is 1. The Morgan fingerprint density at radius 3 is 2.52 bits per heavy atom. The van der Waals surface area contributed by atoms with Crippen molar-refractivity contribution < 1.29 is 28.5 Å². The molecule has 176 valence electrons. The zero-order chi connectivity index (χ0) is 22.6. The molecule has 2 unspecified atom stereocenters. The van der Waals surface area contributed by atoms with Gasteiger partial charge in [-0.3, -0.25) is 4.79 Å². The molecule has 0 bridgehead atoms. The third-order valence-electron chi connectivity index (χ3n) is 6.44. The van der Waals surface area contributed by atoms with Gasteiger partial charge in [-0.25, -0.2) is 8.78 Å². The molecule has 1 aromatic rings. The van der Waals surface area contributed by atoms with Crippen LogP contribution in [0.15, 0.2) is 24.3 Å². The summed E-state index contributed by atoms with van der Waals surface area (Å²) in [5, 5.41) is 20.7. The van der Waals surface area contributed by atoms with Crippen LogP contribution in [0.25, 0.3) is 0 Å². The molecule has 2 rings (SSSR count). The lowest BCUT2D eigenvalue weighted by Crippen LogP contribution is -2.23.